The summed E-state index contributed by atoms with van der Waals surface area (Å²) < 4.78 is 36.0. The van der Waals surface area contributed by atoms with Crippen LogP contribution in [0.2, 0.25) is 0 Å². The summed E-state index contributed by atoms with van der Waals surface area (Å²) in [4.78, 5) is 17.2. The lowest BCUT2D eigenvalue weighted by Gasteiger charge is -2.23. The van der Waals surface area contributed by atoms with Gasteiger partial charge >= 0.3 is 6.18 Å². The Labute approximate surface area is 132 Å². The van der Waals surface area contributed by atoms with Crippen molar-refractivity contribution in [3.8, 4) is 0 Å². The molecular weight excluding hydrogens is 317 g/mol. The monoisotopic (exact) mass is 334 g/mol. The summed E-state index contributed by atoms with van der Waals surface area (Å²) in [6, 6.07) is -0.279. The van der Waals surface area contributed by atoms with Crippen molar-refractivity contribution in [2.45, 2.75) is 32.5 Å². The van der Waals surface area contributed by atoms with E-state index in [1.807, 2.05) is 0 Å². The average molecular weight is 335 g/mol. The lowest BCUT2D eigenvalue weighted by molar-refractivity contribution is -0.126. The summed E-state index contributed by atoms with van der Waals surface area (Å²) in [5.74, 6) is -0.202. The molecule has 0 fully saturated rings. The van der Waals surface area contributed by atoms with Crippen molar-refractivity contribution in [2.75, 3.05) is 13.1 Å². The Morgan fingerprint density at radius 3 is 2.68 bits per heavy atom. The highest BCUT2D eigenvalue weighted by Crippen LogP contribution is 2.29. The second kappa shape index (κ2) is 7.63. The Morgan fingerprint density at radius 1 is 1.55 bits per heavy atom. The zero-order valence-corrected chi connectivity index (χ0v) is 13.2. The van der Waals surface area contributed by atoms with Crippen LogP contribution in [-0.2, 0) is 4.79 Å². The van der Waals surface area contributed by atoms with Crippen LogP contribution in [0.15, 0.2) is 39.9 Å². The second-order valence-electron chi connectivity index (χ2n) is 4.95. The average Bonchev–Trinajstić information content (AvgIpc) is 2.72. The standard InChI is InChI=1S/C15H18ClF3N2O/c1-4-5-12-13(11(3)16)8-21(14(12)22)10(2)6-7-20-9-15(17,18)19/h4-5,7,10H,3,6,8-9H2,1-2H3/b5-4-,20-7-. The number of nitrogens with zero attached hydrogens (tertiary/aromatic N) is 2. The molecule has 1 rings (SSSR count). The molecule has 0 aromatic carbocycles. The fourth-order valence-electron chi connectivity index (χ4n) is 2.06. The first kappa shape index (κ1) is 18.5. The Hall–Kier alpha value is -1.56. The van der Waals surface area contributed by atoms with Crippen LogP contribution >= 0.6 is 11.6 Å². The van der Waals surface area contributed by atoms with Crippen LogP contribution in [0, 0.1) is 0 Å². The third-order valence-electron chi connectivity index (χ3n) is 3.18. The van der Waals surface area contributed by atoms with E-state index in [9.17, 15) is 18.0 Å². The van der Waals surface area contributed by atoms with E-state index in [1.54, 1.807) is 30.9 Å². The van der Waals surface area contributed by atoms with Gasteiger partial charge in [-0.15, -0.1) is 0 Å². The van der Waals surface area contributed by atoms with Crippen molar-refractivity contribution < 1.29 is 18.0 Å². The van der Waals surface area contributed by atoms with E-state index in [4.69, 9.17) is 11.6 Å². The predicted octanol–water partition coefficient (Wildman–Crippen LogP) is 3.87. The number of carbonyl (C=O) groups is 1. The van der Waals surface area contributed by atoms with Gasteiger partial charge in [-0.2, -0.15) is 13.2 Å². The lowest BCUT2D eigenvalue weighted by Crippen LogP contribution is -2.36. The molecule has 1 amide bonds. The number of allylic oxidation sites excluding steroid dienone is 1. The van der Waals surface area contributed by atoms with E-state index in [-0.39, 0.29) is 18.4 Å². The van der Waals surface area contributed by atoms with Crippen molar-refractivity contribution in [1.29, 1.82) is 0 Å². The molecule has 1 atom stereocenters. The fraction of sp³-hybridized carbons (Fsp3) is 0.467. The van der Waals surface area contributed by atoms with Crippen LogP contribution < -0.4 is 0 Å². The smallest absolute Gasteiger partial charge is 0.331 e. The molecule has 22 heavy (non-hydrogen) atoms. The van der Waals surface area contributed by atoms with Crippen LogP contribution in [0.25, 0.3) is 0 Å². The van der Waals surface area contributed by atoms with E-state index < -0.39 is 12.7 Å². The summed E-state index contributed by atoms with van der Waals surface area (Å²) in [6.45, 7) is 6.27. The first-order valence-electron chi connectivity index (χ1n) is 6.74. The molecule has 0 saturated heterocycles. The minimum Gasteiger partial charge on any atom is -0.331 e. The summed E-state index contributed by atoms with van der Waals surface area (Å²) in [7, 11) is 0. The molecule has 3 nitrogen and oxygen atoms in total. The SMILES string of the molecule is C=C(Cl)C1=C(/C=C\C)C(=O)N(C(C)C/C=N\CC(F)(F)F)C1. The summed E-state index contributed by atoms with van der Waals surface area (Å²) >= 11 is 5.91. The van der Waals surface area contributed by atoms with Gasteiger partial charge in [-0.25, -0.2) is 0 Å². The van der Waals surface area contributed by atoms with Crippen LogP contribution in [0.4, 0.5) is 13.2 Å². The normalized spacial score (nSPS) is 18.1. The topological polar surface area (TPSA) is 32.7 Å². The molecule has 1 heterocycles. The highest BCUT2D eigenvalue weighted by atomic mass is 35.5. The lowest BCUT2D eigenvalue weighted by atomic mass is 10.1. The Morgan fingerprint density at radius 2 is 2.18 bits per heavy atom. The number of carbonyl (C=O) groups excluding carboxylic acids is 1. The maximum atomic E-state index is 12.3. The third kappa shape index (κ3) is 5.02. The van der Waals surface area contributed by atoms with Crippen LogP contribution in [0.5, 0.6) is 0 Å². The highest BCUT2D eigenvalue weighted by molar-refractivity contribution is 6.32. The van der Waals surface area contributed by atoms with Gasteiger partial charge in [0.1, 0.15) is 6.54 Å². The maximum absolute atomic E-state index is 12.3. The van der Waals surface area contributed by atoms with Crippen molar-refractivity contribution >= 4 is 23.7 Å². The van der Waals surface area contributed by atoms with Crippen LogP contribution in [0.3, 0.4) is 0 Å². The summed E-state index contributed by atoms with van der Waals surface area (Å²) in [5.41, 5.74) is 1.12. The number of rotatable bonds is 6. The molecule has 0 spiro atoms. The summed E-state index contributed by atoms with van der Waals surface area (Å²) in [5, 5.41) is 0.293. The molecule has 1 aliphatic heterocycles. The fourth-order valence-corrected chi connectivity index (χ4v) is 2.22. The van der Waals surface area contributed by atoms with Gasteiger partial charge in [0.25, 0.3) is 5.91 Å². The molecule has 0 radical (unpaired) electrons. The Kier molecular flexibility index (Phi) is 6.41. The molecule has 1 unspecified atom stereocenters. The van der Waals surface area contributed by atoms with E-state index in [1.165, 1.54) is 6.21 Å². The largest absolute Gasteiger partial charge is 0.407 e. The minimum atomic E-state index is -4.31. The molecule has 122 valence electrons. The number of aliphatic imine (C=N–C) groups is 1. The molecular formula is C15H18ClF3N2O. The van der Waals surface area contributed by atoms with Gasteiger partial charge in [0.2, 0.25) is 0 Å². The number of amides is 1. The minimum absolute atomic E-state index is 0.202. The maximum Gasteiger partial charge on any atom is 0.407 e. The molecule has 0 aromatic rings. The van der Waals surface area contributed by atoms with Gasteiger partial charge in [0.15, 0.2) is 0 Å². The molecule has 1 aliphatic rings. The highest BCUT2D eigenvalue weighted by Gasteiger charge is 2.32. The zero-order valence-electron chi connectivity index (χ0n) is 12.5. The van der Waals surface area contributed by atoms with E-state index in [2.05, 4.69) is 11.6 Å². The quantitative estimate of drug-likeness (QED) is 0.679. The summed E-state index contributed by atoms with van der Waals surface area (Å²) in [6.07, 6.45) is 0.524. The molecule has 0 bridgehead atoms. The molecule has 0 aliphatic carbocycles. The van der Waals surface area contributed by atoms with Crippen LogP contribution in [0.1, 0.15) is 20.3 Å². The van der Waals surface area contributed by atoms with Gasteiger partial charge < -0.3 is 4.90 Å². The van der Waals surface area contributed by atoms with Crippen molar-refractivity contribution in [3.63, 3.8) is 0 Å². The number of hydrogen-bond donors (Lipinski definition) is 0. The van der Waals surface area contributed by atoms with E-state index in [0.29, 0.717) is 22.7 Å². The van der Waals surface area contributed by atoms with E-state index >= 15 is 0 Å². The van der Waals surface area contributed by atoms with Gasteiger partial charge in [0, 0.05) is 41.4 Å². The van der Waals surface area contributed by atoms with Crippen molar-refractivity contribution in [3.05, 3.63) is 34.9 Å². The van der Waals surface area contributed by atoms with Crippen LogP contribution in [-0.4, -0.2) is 42.3 Å². The number of hydrogen-bond acceptors (Lipinski definition) is 2. The Bertz CT molecular complexity index is 535. The van der Waals surface area contributed by atoms with Gasteiger partial charge in [-0.3, -0.25) is 9.79 Å². The van der Waals surface area contributed by atoms with Gasteiger partial charge in [0.05, 0.1) is 0 Å². The Balaban J connectivity index is 2.72. The predicted molar refractivity (Wildman–Crippen MR) is 82.0 cm³/mol. The first-order chi connectivity index (χ1) is 10.2. The first-order valence-corrected chi connectivity index (χ1v) is 7.11. The van der Waals surface area contributed by atoms with Crippen molar-refractivity contribution in [1.82, 2.24) is 4.90 Å². The number of alkyl halides is 3. The third-order valence-corrected chi connectivity index (χ3v) is 3.41. The van der Waals surface area contributed by atoms with Gasteiger partial charge in [-0.05, 0) is 13.8 Å². The second-order valence-corrected chi connectivity index (χ2v) is 5.41. The van der Waals surface area contributed by atoms with E-state index in [0.717, 1.165) is 0 Å². The van der Waals surface area contributed by atoms with Gasteiger partial charge in [-0.1, -0.05) is 30.3 Å². The molecule has 0 aromatic heterocycles. The number of halogens is 4. The van der Waals surface area contributed by atoms with Crippen molar-refractivity contribution in [2.24, 2.45) is 4.99 Å². The molecule has 0 N–H and O–H groups in total. The zero-order chi connectivity index (χ0) is 16.9. The molecule has 0 saturated carbocycles. The molecule has 7 heteroatoms.